The van der Waals surface area contributed by atoms with Gasteiger partial charge in [0, 0.05) is 27.7 Å². The number of para-hydroxylation sites is 1. The molecule has 1 amide bonds. The van der Waals surface area contributed by atoms with Crippen molar-refractivity contribution in [2.45, 2.75) is 13.0 Å². The standard InChI is InChI=1S/C21H22BrNO6/c1-14(6-11-19(25)26)20(17-4-2-3-5-18(17)28-13-12-24)29-21(27)23-16-9-7-15(22)8-10-16/h2-11,14,20,24H,12-13H2,1H3,(H,23,27)(H,25,26)/b11-6+/t14-,20-/m0/s1. The van der Waals surface area contributed by atoms with E-state index in [1.54, 1.807) is 55.5 Å². The fraction of sp³-hybridized carbons (Fsp3) is 0.238. The van der Waals surface area contributed by atoms with Crippen LogP contribution in [0.1, 0.15) is 18.6 Å². The molecule has 0 saturated heterocycles. The van der Waals surface area contributed by atoms with Gasteiger partial charge in [0.05, 0.1) is 6.61 Å². The molecular weight excluding hydrogens is 442 g/mol. The molecule has 7 nitrogen and oxygen atoms in total. The van der Waals surface area contributed by atoms with Crippen molar-refractivity contribution in [3.05, 3.63) is 70.7 Å². The number of nitrogens with one attached hydrogen (secondary N) is 1. The van der Waals surface area contributed by atoms with Crippen LogP contribution in [0.2, 0.25) is 0 Å². The van der Waals surface area contributed by atoms with E-state index in [1.165, 1.54) is 6.08 Å². The molecule has 2 atom stereocenters. The SMILES string of the molecule is C[C@@H](/C=C/C(=O)O)[C@H](OC(=O)Nc1ccc(Br)cc1)c1ccccc1OCCO. The molecule has 0 aliphatic rings. The monoisotopic (exact) mass is 463 g/mol. The summed E-state index contributed by atoms with van der Waals surface area (Å²) < 4.78 is 12.1. The van der Waals surface area contributed by atoms with E-state index in [0.29, 0.717) is 17.0 Å². The van der Waals surface area contributed by atoms with Crippen LogP contribution in [0.4, 0.5) is 10.5 Å². The van der Waals surface area contributed by atoms with Crippen LogP contribution in [-0.2, 0) is 9.53 Å². The van der Waals surface area contributed by atoms with Gasteiger partial charge < -0.3 is 19.7 Å². The summed E-state index contributed by atoms with van der Waals surface area (Å²) in [6.07, 6.45) is 0.953. The molecule has 29 heavy (non-hydrogen) atoms. The van der Waals surface area contributed by atoms with Gasteiger partial charge in [0.25, 0.3) is 0 Å². The van der Waals surface area contributed by atoms with E-state index in [9.17, 15) is 9.59 Å². The van der Waals surface area contributed by atoms with Crippen LogP contribution in [0, 0.1) is 5.92 Å². The largest absolute Gasteiger partial charge is 0.491 e. The summed E-state index contributed by atoms with van der Waals surface area (Å²) in [5.41, 5.74) is 1.12. The third-order valence-electron chi connectivity index (χ3n) is 3.92. The summed E-state index contributed by atoms with van der Waals surface area (Å²) >= 11 is 3.33. The highest BCUT2D eigenvalue weighted by atomic mass is 79.9. The third-order valence-corrected chi connectivity index (χ3v) is 4.45. The first kappa shape index (κ1) is 22.4. The molecule has 0 heterocycles. The Hall–Kier alpha value is -2.84. The van der Waals surface area contributed by atoms with Gasteiger partial charge in [0.15, 0.2) is 0 Å². The molecule has 2 aromatic carbocycles. The Balaban J connectivity index is 2.26. The van der Waals surface area contributed by atoms with Gasteiger partial charge in [-0.1, -0.05) is 47.1 Å². The first-order valence-corrected chi connectivity index (χ1v) is 9.67. The summed E-state index contributed by atoms with van der Waals surface area (Å²) in [4.78, 5) is 23.4. The van der Waals surface area contributed by atoms with Crippen molar-refractivity contribution < 1.29 is 29.3 Å². The Kier molecular flexibility index (Phi) is 8.69. The van der Waals surface area contributed by atoms with E-state index in [-0.39, 0.29) is 13.2 Å². The third kappa shape index (κ3) is 7.24. The predicted octanol–water partition coefficient (Wildman–Crippen LogP) is 4.39. The maximum atomic E-state index is 12.5. The molecule has 154 valence electrons. The van der Waals surface area contributed by atoms with Crippen LogP contribution in [0.3, 0.4) is 0 Å². The number of anilines is 1. The predicted molar refractivity (Wildman–Crippen MR) is 112 cm³/mol. The van der Waals surface area contributed by atoms with E-state index in [1.807, 2.05) is 0 Å². The Morgan fingerprint density at radius 1 is 1.17 bits per heavy atom. The second-order valence-electron chi connectivity index (χ2n) is 6.12. The number of carbonyl (C=O) groups is 2. The molecule has 2 aromatic rings. The summed E-state index contributed by atoms with van der Waals surface area (Å²) in [6.45, 7) is 1.65. The number of carboxylic acids is 1. The molecule has 2 rings (SSSR count). The molecule has 0 saturated carbocycles. The number of amides is 1. The van der Waals surface area contributed by atoms with Crippen molar-refractivity contribution in [3.63, 3.8) is 0 Å². The number of carboxylic acid groups (broad SMARTS) is 1. The molecule has 0 bridgehead atoms. The highest BCUT2D eigenvalue weighted by Crippen LogP contribution is 2.34. The van der Waals surface area contributed by atoms with Gasteiger partial charge in [-0.05, 0) is 30.3 Å². The summed E-state index contributed by atoms with van der Waals surface area (Å²) in [5, 5.41) is 20.6. The zero-order valence-electron chi connectivity index (χ0n) is 15.7. The van der Waals surface area contributed by atoms with Gasteiger partial charge in [-0.2, -0.15) is 0 Å². The number of carbonyl (C=O) groups excluding carboxylic acids is 1. The van der Waals surface area contributed by atoms with Crippen LogP contribution < -0.4 is 10.1 Å². The number of halogens is 1. The van der Waals surface area contributed by atoms with Gasteiger partial charge in [-0.15, -0.1) is 0 Å². The lowest BCUT2D eigenvalue weighted by Gasteiger charge is -2.24. The summed E-state index contributed by atoms with van der Waals surface area (Å²) in [6, 6.07) is 13.9. The van der Waals surface area contributed by atoms with Crippen LogP contribution in [0.15, 0.2) is 65.2 Å². The zero-order chi connectivity index (χ0) is 21.2. The van der Waals surface area contributed by atoms with E-state index < -0.39 is 24.1 Å². The second-order valence-corrected chi connectivity index (χ2v) is 7.04. The van der Waals surface area contributed by atoms with E-state index in [2.05, 4.69) is 21.2 Å². The number of ether oxygens (including phenoxy) is 2. The van der Waals surface area contributed by atoms with Crippen molar-refractivity contribution in [2.24, 2.45) is 5.92 Å². The topological polar surface area (TPSA) is 105 Å². The number of benzene rings is 2. The van der Waals surface area contributed by atoms with Crippen molar-refractivity contribution in [1.29, 1.82) is 0 Å². The first-order chi connectivity index (χ1) is 13.9. The van der Waals surface area contributed by atoms with Gasteiger partial charge in [0.2, 0.25) is 0 Å². The van der Waals surface area contributed by atoms with Gasteiger partial charge in [-0.3, -0.25) is 5.32 Å². The maximum absolute atomic E-state index is 12.5. The highest BCUT2D eigenvalue weighted by molar-refractivity contribution is 9.10. The number of aliphatic hydroxyl groups excluding tert-OH is 1. The zero-order valence-corrected chi connectivity index (χ0v) is 17.3. The van der Waals surface area contributed by atoms with Crippen LogP contribution in [0.25, 0.3) is 0 Å². The smallest absolute Gasteiger partial charge is 0.412 e. The maximum Gasteiger partial charge on any atom is 0.412 e. The number of rotatable bonds is 9. The molecule has 0 spiro atoms. The molecule has 0 radical (unpaired) electrons. The summed E-state index contributed by atoms with van der Waals surface area (Å²) in [7, 11) is 0. The fourth-order valence-electron chi connectivity index (χ4n) is 2.59. The molecule has 8 heteroatoms. The average Bonchev–Trinajstić information content (AvgIpc) is 2.70. The Labute approximate surface area is 177 Å². The minimum absolute atomic E-state index is 0.0775. The number of hydrogen-bond acceptors (Lipinski definition) is 5. The van der Waals surface area contributed by atoms with Crippen LogP contribution in [0.5, 0.6) is 5.75 Å². The normalized spacial score (nSPS) is 12.9. The second kappa shape index (κ2) is 11.2. The van der Waals surface area contributed by atoms with Gasteiger partial charge in [-0.25, -0.2) is 9.59 Å². The number of aliphatic carboxylic acids is 1. The molecule has 0 aliphatic carbocycles. The Morgan fingerprint density at radius 3 is 2.52 bits per heavy atom. The quantitative estimate of drug-likeness (QED) is 0.476. The first-order valence-electron chi connectivity index (χ1n) is 8.87. The lowest BCUT2D eigenvalue weighted by molar-refractivity contribution is -0.131. The van der Waals surface area contributed by atoms with E-state index in [4.69, 9.17) is 19.7 Å². The lowest BCUT2D eigenvalue weighted by atomic mass is 9.96. The van der Waals surface area contributed by atoms with Gasteiger partial charge >= 0.3 is 12.1 Å². The minimum Gasteiger partial charge on any atom is -0.491 e. The molecule has 0 aliphatic heterocycles. The highest BCUT2D eigenvalue weighted by Gasteiger charge is 2.25. The molecule has 0 fully saturated rings. The van der Waals surface area contributed by atoms with Crippen LogP contribution >= 0.6 is 15.9 Å². The molecule has 3 N–H and O–H groups in total. The van der Waals surface area contributed by atoms with E-state index >= 15 is 0 Å². The lowest BCUT2D eigenvalue weighted by Crippen LogP contribution is -2.22. The van der Waals surface area contributed by atoms with E-state index in [0.717, 1.165) is 10.5 Å². The molecular formula is C21H22BrNO6. The van der Waals surface area contributed by atoms with Crippen molar-refractivity contribution in [1.82, 2.24) is 0 Å². The number of aliphatic hydroxyl groups is 1. The van der Waals surface area contributed by atoms with Crippen LogP contribution in [-0.4, -0.2) is 35.5 Å². The average molecular weight is 464 g/mol. The molecule has 0 unspecified atom stereocenters. The van der Waals surface area contributed by atoms with Gasteiger partial charge in [0.1, 0.15) is 18.5 Å². The minimum atomic E-state index is -1.10. The fourth-order valence-corrected chi connectivity index (χ4v) is 2.85. The Bertz CT molecular complexity index is 853. The number of hydrogen-bond donors (Lipinski definition) is 3. The van der Waals surface area contributed by atoms with Crippen molar-refractivity contribution in [3.8, 4) is 5.75 Å². The van der Waals surface area contributed by atoms with Crippen molar-refractivity contribution in [2.75, 3.05) is 18.5 Å². The van der Waals surface area contributed by atoms with Crippen molar-refractivity contribution >= 4 is 33.7 Å². The Morgan fingerprint density at radius 2 is 1.86 bits per heavy atom. The molecule has 0 aromatic heterocycles. The summed E-state index contributed by atoms with van der Waals surface area (Å²) in [5.74, 6) is -1.11.